The van der Waals surface area contributed by atoms with Gasteiger partial charge in [0, 0.05) is 17.7 Å². The van der Waals surface area contributed by atoms with Crippen LogP contribution in [0.2, 0.25) is 0 Å². The number of aliphatic hydroxyl groups excluding tert-OH is 3. The first-order valence-corrected chi connectivity index (χ1v) is 12.5. The summed E-state index contributed by atoms with van der Waals surface area (Å²) in [5.41, 5.74) is -2.13. The first kappa shape index (κ1) is 29.3. The van der Waals surface area contributed by atoms with Crippen molar-refractivity contribution in [2.45, 2.75) is 30.5 Å². The van der Waals surface area contributed by atoms with Crippen LogP contribution < -0.4 is 5.43 Å². The van der Waals surface area contributed by atoms with Gasteiger partial charge in [-0.1, -0.05) is 0 Å². The summed E-state index contributed by atoms with van der Waals surface area (Å²) in [5, 5.41) is 101. The SMILES string of the molecule is O=C(O[C@@H]1[C@@H](O)[C@H](O)[C@@H](CO)O[C@H]1c1c(O)cc2oc(-c3ccc(O)c(O)c3)cc(=O)c2c1O)c1cc(O)c(O)c(O)c1. The zero-order chi connectivity index (χ0) is 31.3. The van der Waals surface area contributed by atoms with Crippen LogP contribution in [0.3, 0.4) is 0 Å². The predicted molar refractivity (Wildman–Crippen MR) is 142 cm³/mol. The number of phenols is 7. The molecule has 43 heavy (non-hydrogen) atoms. The molecule has 0 bridgehead atoms. The molecule has 4 aromatic rings. The number of carbonyl (C=O) groups is 1. The molecule has 1 aliphatic rings. The van der Waals surface area contributed by atoms with Crippen LogP contribution in [0, 0.1) is 0 Å². The smallest absolute Gasteiger partial charge is 0.338 e. The number of benzene rings is 3. The van der Waals surface area contributed by atoms with Crippen molar-refractivity contribution in [1.82, 2.24) is 0 Å². The molecular weight excluding hydrogens is 576 g/mol. The van der Waals surface area contributed by atoms with Crippen molar-refractivity contribution in [2.75, 3.05) is 6.61 Å². The summed E-state index contributed by atoms with van der Waals surface area (Å²) in [6, 6.07) is 6.92. The van der Waals surface area contributed by atoms with Crippen LogP contribution in [0.25, 0.3) is 22.3 Å². The van der Waals surface area contributed by atoms with Gasteiger partial charge in [-0.05, 0) is 30.3 Å². The highest BCUT2D eigenvalue weighted by Crippen LogP contribution is 2.46. The number of ether oxygens (including phenoxy) is 2. The highest BCUT2D eigenvalue weighted by molar-refractivity contribution is 5.91. The standard InChI is InChI=1S/C28H24O15/c29-8-19-23(37)25(39)27(43-28(40)10-4-15(34)22(36)16(35)5-10)26(42-19)21-14(33)7-18-20(24(21)38)13(32)6-17(41-18)9-1-2-11(30)12(31)3-9/h1-7,19,23,25-27,29-31,33-39H,8H2/t19-,23-,25+,26+,27-/m1/s1. The molecule has 0 amide bonds. The van der Waals surface area contributed by atoms with Gasteiger partial charge in [-0.25, -0.2) is 4.79 Å². The van der Waals surface area contributed by atoms with Crippen molar-refractivity contribution in [3.05, 3.63) is 63.8 Å². The molecule has 15 heteroatoms. The minimum Gasteiger partial charge on any atom is -0.507 e. The van der Waals surface area contributed by atoms with Crippen LogP contribution in [-0.4, -0.2) is 88.1 Å². The molecule has 3 aromatic carbocycles. The Labute approximate surface area is 239 Å². The Kier molecular flexibility index (Phi) is 7.41. The summed E-state index contributed by atoms with van der Waals surface area (Å²) in [7, 11) is 0. The quantitative estimate of drug-likeness (QED) is 0.112. The highest BCUT2D eigenvalue weighted by atomic mass is 16.6. The van der Waals surface area contributed by atoms with Crippen molar-refractivity contribution >= 4 is 16.9 Å². The van der Waals surface area contributed by atoms with Crippen molar-refractivity contribution in [2.24, 2.45) is 0 Å². The zero-order valence-electron chi connectivity index (χ0n) is 21.6. The summed E-state index contributed by atoms with van der Waals surface area (Å²) in [6.45, 7) is -0.866. The lowest BCUT2D eigenvalue weighted by Gasteiger charge is -2.42. The Hall–Kier alpha value is -5.22. The monoisotopic (exact) mass is 600 g/mol. The van der Waals surface area contributed by atoms with Crippen LogP contribution in [0.15, 0.2) is 51.7 Å². The summed E-state index contributed by atoms with van der Waals surface area (Å²) < 4.78 is 16.6. The molecule has 2 heterocycles. The lowest BCUT2D eigenvalue weighted by Crippen LogP contribution is -2.56. The van der Waals surface area contributed by atoms with E-state index < -0.39 is 105 Å². The molecule has 1 saturated heterocycles. The average molecular weight is 600 g/mol. The van der Waals surface area contributed by atoms with Gasteiger partial charge in [0.2, 0.25) is 0 Å². The van der Waals surface area contributed by atoms with E-state index in [-0.39, 0.29) is 16.9 Å². The van der Waals surface area contributed by atoms with Crippen LogP contribution in [0.5, 0.6) is 40.2 Å². The molecule has 1 aromatic heterocycles. The fourth-order valence-corrected chi connectivity index (χ4v) is 4.77. The lowest BCUT2D eigenvalue weighted by atomic mass is 9.89. The van der Waals surface area contributed by atoms with Gasteiger partial charge in [-0.2, -0.15) is 0 Å². The fourth-order valence-electron chi connectivity index (χ4n) is 4.77. The second-order valence-electron chi connectivity index (χ2n) is 9.70. The molecule has 5 atom stereocenters. The number of rotatable bonds is 5. The van der Waals surface area contributed by atoms with E-state index in [9.17, 15) is 60.7 Å². The number of hydrogen-bond acceptors (Lipinski definition) is 15. The van der Waals surface area contributed by atoms with E-state index >= 15 is 0 Å². The molecule has 0 aliphatic carbocycles. The van der Waals surface area contributed by atoms with Crippen LogP contribution in [-0.2, 0) is 9.47 Å². The lowest BCUT2D eigenvalue weighted by molar-refractivity contribution is -0.232. The Bertz CT molecular complexity index is 1770. The van der Waals surface area contributed by atoms with Gasteiger partial charge < -0.3 is 65.0 Å². The molecule has 5 rings (SSSR count). The maximum Gasteiger partial charge on any atom is 0.338 e. The van der Waals surface area contributed by atoms with Gasteiger partial charge in [-0.15, -0.1) is 0 Å². The van der Waals surface area contributed by atoms with Gasteiger partial charge in [-0.3, -0.25) is 4.79 Å². The summed E-state index contributed by atoms with van der Waals surface area (Å²) in [6.07, 6.45) is -9.12. The minimum absolute atomic E-state index is 0.112. The molecule has 10 N–H and O–H groups in total. The fraction of sp³-hybridized carbons (Fsp3) is 0.214. The molecular formula is C28H24O15. The second kappa shape index (κ2) is 10.9. The Balaban J connectivity index is 1.61. The van der Waals surface area contributed by atoms with Crippen LogP contribution in [0.1, 0.15) is 22.0 Å². The molecule has 0 spiro atoms. The maximum absolute atomic E-state index is 13.1. The number of aliphatic hydroxyl groups is 3. The van der Waals surface area contributed by atoms with Gasteiger partial charge in [0.1, 0.15) is 52.6 Å². The summed E-state index contributed by atoms with van der Waals surface area (Å²) in [5.74, 6) is -6.77. The van der Waals surface area contributed by atoms with Crippen molar-refractivity contribution < 1.29 is 69.8 Å². The molecule has 0 saturated carbocycles. The van der Waals surface area contributed by atoms with Gasteiger partial charge >= 0.3 is 5.97 Å². The molecule has 0 radical (unpaired) electrons. The minimum atomic E-state index is -2.00. The van der Waals surface area contributed by atoms with E-state index in [1.165, 1.54) is 6.07 Å². The molecule has 0 unspecified atom stereocenters. The summed E-state index contributed by atoms with van der Waals surface area (Å²) in [4.78, 5) is 26.0. The second-order valence-corrected chi connectivity index (χ2v) is 9.70. The number of phenolic OH excluding ortho intramolecular Hbond substituents is 7. The molecule has 15 nitrogen and oxygen atoms in total. The Morgan fingerprint density at radius 2 is 1.47 bits per heavy atom. The largest absolute Gasteiger partial charge is 0.507 e. The Morgan fingerprint density at radius 1 is 0.791 bits per heavy atom. The van der Waals surface area contributed by atoms with E-state index in [2.05, 4.69) is 0 Å². The highest BCUT2D eigenvalue weighted by Gasteiger charge is 2.49. The number of aromatic hydroxyl groups is 7. The third-order valence-corrected chi connectivity index (χ3v) is 6.97. The topological polar surface area (TPSA) is 268 Å². The normalized spacial score (nSPS) is 22.0. The van der Waals surface area contributed by atoms with Crippen molar-refractivity contribution in [3.8, 4) is 51.6 Å². The predicted octanol–water partition coefficient (Wildman–Crippen LogP) is 0.779. The van der Waals surface area contributed by atoms with Crippen LogP contribution in [0.4, 0.5) is 0 Å². The third-order valence-electron chi connectivity index (χ3n) is 6.97. The van der Waals surface area contributed by atoms with E-state index in [1.807, 2.05) is 0 Å². The molecule has 226 valence electrons. The number of fused-ring (bicyclic) bond motifs is 1. The Morgan fingerprint density at radius 3 is 2.09 bits per heavy atom. The third kappa shape index (κ3) is 5.06. The van der Waals surface area contributed by atoms with Gasteiger partial charge in [0.25, 0.3) is 0 Å². The number of esters is 1. The first-order chi connectivity index (χ1) is 20.3. The van der Waals surface area contributed by atoms with Crippen molar-refractivity contribution in [3.63, 3.8) is 0 Å². The van der Waals surface area contributed by atoms with E-state index in [0.29, 0.717) is 0 Å². The van der Waals surface area contributed by atoms with E-state index in [1.54, 1.807) is 0 Å². The maximum atomic E-state index is 13.1. The average Bonchev–Trinajstić information content (AvgIpc) is 2.95. The van der Waals surface area contributed by atoms with E-state index in [4.69, 9.17) is 13.9 Å². The van der Waals surface area contributed by atoms with Gasteiger partial charge in [0.05, 0.1) is 17.7 Å². The number of hydrogen-bond donors (Lipinski definition) is 10. The summed E-state index contributed by atoms with van der Waals surface area (Å²) >= 11 is 0. The number of carbonyl (C=O) groups excluding carboxylic acids is 1. The zero-order valence-corrected chi connectivity index (χ0v) is 21.6. The molecule has 1 aliphatic heterocycles. The van der Waals surface area contributed by atoms with Crippen LogP contribution >= 0.6 is 0 Å². The van der Waals surface area contributed by atoms with E-state index in [0.717, 1.165) is 36.4 Å². The first-order valence-electron chi connectivity index (χ1n) is 12.5. The van der Waals surface area contributed by atoms with Crippen molar-refractivity contribution in [1.29, 1.82) is 0 Å². The molecule has 1 fully saturated rings. The van der Waals surface area contributed by atoms with Gasteiger partial charge in [0.15, 0.2) is 40.3 Å².